The van der Waals surface area contributed by atoms with Crippen molar-refractivity contribution in [3.8, 4) is 23.1 Å². The fourth-order valence-corrected chi connectivity index (χ4v) is 3.28. The first kappa shape index (κ1) is 17.6. The van der Waals surface area contributed by atoms with Gasteiger partial charge in [-0.1, -0.05) is 24.0 Å². The van der Waals surface area contributed by atoms with Gasteiger partial charge in [-0.25, -0.2) is 15.0 Å². The molecule has 29 heavy (non-hydrogen) atoms. The molecule has 1 aliphatic rings. The molecule has 1 saturated heterocycles. The Morgan fingerprint density at radius 2 is 2.17 bits per heavy atom. The van der Waals surface area contributed by atoms with Gasteiger partial charge >= 0.3 is 0 Å². The minimum Gasteiger partial charge on any atom is -0.382 e. The summed E-state index contributed by atoms with van der Waals surface area (Å²) in [6.45, 7) is 0.667. The third-order valence-corrected chi connectivity index (χ3v) is 4.95. The topological polar surface area (TPSA) is 131 Å². The van der Waals surface area contributed by atoms with Crippen molar-refractivity contribution in [3.63, 3.8) is 0 Å². The summed E-state index contributed by atoms with van der Waals surface area (Å²) in [5.74, 6) is 5.34. The van der Waals surface area contributed by atoms with Gasteiger partial charge in [0.05, 0.1) is 11.2 Å². The highest BCUT2D eigenvalue weighted by molar-refractivity contribution is 5.91. The van der Waals surface area contributed by atoms with Gasteiger partial charge in [-0.05, 0) is 23.8 Å². The second-order valence-electron chi connectivity index (χ2n) is 6.94. The SMILES string of the molecule is [2H]c1nc(N)c2nc(-c3cccc(C#C[C@]4(O)CCN(C)C4=O)c3)cc(CN)c2n1. The van der Waals surface area contributed by atoms with Crippen LogP contribution >= 0.6 is 0 Å². The second kappa shape index (κ2) is 7.13. The summed E-state index contributed by atoms with van der Waals surface area (Å²) >= 11 is 0. The molecule has 1 fully saturated rings. The number of pyridine rings is 1. The van der Waals surface area contributed by atoms with Crippen molar-refractivity contribution >= 4 is 22.8 Å². The molecule has 2 aromatic heterocycles. The molecule has 146 valence electrons. The van der Waals surface area contributed by atoms with Crippen LogP contribution in [-0.2, 0) is 11.3 Å². The number of aromatic nitrogens is 3. The van der Waals surface area contributed by atoms with E-state index in [1.165, 1.54) is 4.90 Å². The van der Waals surface area contributed by atoms with Gasteiger partial charge in [0.2, 0.25) is 5.60 Å². The van der Waals surface area contributed by atoms with Gasteiger partial charge in [0, 0.05) is 37.7 Å². The maximum absolute atomic E-state index is 12.1. The van der Waals surface area contributed by atoms with Crippen LogP contribution in [0, 0.1) is 11.8 Å². The van der Waals surface area contributed by atoms with Crippen molar-refractivity contribution in [2.24, 2.45) is 5.73 Å². The van der Waals surface area contributed by atoms with Gasteiger partial charge in [0.15, 0.2) is 5.82 Å². The molecule has 3 heterocycles. The molecule has 1 amide bonds. The van der Waals surface area contributed by atoms with E-state index in [0.717, 1.165) is 5.56 Å². The average Bonchev–Trinajstić information content (AvgIpc) is 3.00. The lowest BCUT2D eigenvalue weighted by Gasteiger charge is -2.13. The van der Waals surface area contributed by atoms with Gasteiger partial charge in [0.25, 0.3) is 5.91 Å². The smallest absolute Gasteiger partial charge is 0.267 e. The van der Waals surface area contributed by atoms with Crippen LogP contribution in [0.5, 0.6) is 0 Å². The Bertz CT molecular complexity index is 1240. The molecule has 0 spiro atoms. The molecule has 8 heteroatoms. The van der Waals surface area contributed by atoms with Crippen LogP contribution in [0.2, 0.25) is 0 Å². The van der Waals surface area contributed by atoms with E-state index in [0.29, 0.717) is 34.4 Å². The number of amides is 1. The molecule has 1 aromatic carbocycles. The maximum atomic E-state index is 12.1. The Kier molecular flexibility index (Phi) is 4.31. The van der Waals surface area contributed by atoms with Crippen molar-refractivity contribution in [1.82, 2.24) is 19.9 Å². The molecule has 0 saturated carbocycles. The molecule has 0 aliphatic carbocycles. The van der Waals surface area contributed by atoms with Crippen molar-refractivity contribution in [2.45, 2.75) is 18.6 Å². The molecule has 3 aromatic rings. The third kappa shape index (κ3) is 3.38. The number of fused-ring (bicyclic) bond motifs is 1. The minimum atomic E-state index is -1.65. The normalized spacial score (nSPS) is 19.2. The Balaban J connectivity index is 1.76. The average molecular weight is 389 g/mol. The number of nitrogen functional groups attached to an aromatic ring is 1. The van der Waals surface area contributed by atoms with Crippen LogP contribution < -0.4 is 11.5 Å². The van der Waals surface area contributed by atoms with E-state index in [4.69, 9.17) is 12.8 Å². The van der Waals surface area contributed by atoms with E-state index >= 15 is 0 Å². The number of rotatable bonds is 2. The van der Waals surface area contributed by atoms with Crippen molar-refractivity contribution < 1.29 is 11.3 Å². The number of carbonyl (C=O) groups excluding carboxylic acids is 1. The van der Waals surface area contributed by atoms with Crippen molar-refractivity contribution in [1.29, 1.82) is 0 Å². The number of hydrogen-bond donors (Lipinski definition) is 3. The molecule has 8 nitrogen and oxygen atoms in total. The van der Waals surface area contributed by atoms with E-state index in [-0.39, 0.29) is 31.0 Å². The lowest BCUT2D eigenvalue weighted by Crippen LogP contribution is -2.37. The number of nitrogens with zero attached hydrogens (tertiary/aromatic N) is 4. The summed E-state index contributed by atoms with van der Waals surface area (Å²) in [5, 5.41) is 10.5. The Morgan fingerprint density at radius 1 is 1.34 bits per heavy atom. The zero-order chi connectivity index (χ0) is 21.5. The summed E-state index contributed by atoms with van der Waals surface area (Å²) in [6, 6.07) is 9.07. The van der Waals surface area contributed by atoms with Gasteiger partial charge < -0.3 is 21.5 Å². The monoisotopic (exact) mass is 389 g/mol. The van der Waals surface area contributed by atoms with Gasteiger partial charge in [-0.3, -0.25) is 4.79 Å². The number of nitrogens with two attached hydrogens (primary N) is 2. The molecule has 0 bridgehead atoms. The first-order valence-electron chi connectivity index (χ1n) is 9.56. The lowest BCUT2D eigenvalue weighted by atomic mass is 10.0. The first-order chi connectivity index (χ1) is 14.3. The number of anilines is 1. The fourth-order valence-electron chi connectivity index (χ4n) is 3.28. The zero-order valence-electron chi connectivity index (χ0n) is 16.8. The predicted octanol–water partition coefficient (Wildman–Crippen LogP) is 0.677. The summed E-state index contributed by atoms with van der Waals surface area (Å²) in [7, 11) is 1.64. The highest BCUT2D eigenvalue weighted by Gasteiger charge is 2.42. The largest absolute Gasteiger partial charge is 0.382 e. The number of aliphatic hydroxyl groups is 1. The van der Waals surface area contributed by atoms with Gasteiger partial charge in [0.1, 0.15) is 13.2 Å². The summed E-state index contributed by atoms with van der Waals surface area (Å²) in [6.07, 6.45) is 0.0878. The van der Waals surface area contributed by atoms with Crippen molar-refractivity contribution in [2.75, 3.05) is 19.3 Å². The maximum Gasteiger partial charge on any atom is 0.267 e. The lowest BCUT2D eigenvalue weighted by molar-refractivity contribution is -0.137. The zero-order valence-corrected chi connectivity index (χ0v) is 15.8. The summed E-state index contributed by atoms with van der Waals surface area (Å²) in [5.41, 5.74) is 13.7. The van der Waals surface area contributed by atoms with Crippen LogP contribution in [-0.4, -0.2) is 50.1 Å². The summed E-state index contributed by atoms with van der Waals surface area (Å²) in [4.78, 5) is 26.1. The Morgan fingerprint density at radius 3 is 2.90 bits per heavy atom. The second-order valence-corrected chi connectivity index (χ2v) is 6.94. The highest BCUT2D eigenvalue weighted by atomic mass is 16.3. The van der Waals surface area contributed by atoms with E-state index in [1.54, 1.807) is 19.2 Å². The van der Waals surface area contributed by atoms with E-state index < -0.39 is 5.60 Å². The molecule has 0 unspecified atom stereocenters. The molecule has 1 aliphatic heterocycles. The number of likely N-dealkylation sites (tertiary alicyclic amines) is 1. The molecular formula is C21H20N6O2. The standard InChI is InChI=1S/C21H20N6O2/c1-27-8-7-21(29,20(27)28)6-5-13-3-2-4-14(9-13)16-10-15(11-22)17-18(26-16)19(23)25-12-24-17/h2-4,9-10,12,29H,7-8,11,22H2,1H3,(H2,23,24,25)/t21-/m0/s1/i12D. The number of hydrogen-bond acceptors (Lipinski definition) is 7. The predicted molar refractivity (Wildman–Crippen MR) is 109 cm³/mol. The summed E-state index contributed by atoms with van der Waals surface area (Å²) < 4.78 is 7.66. The third-order valence-electron chi connectivity index (χ3n) is 4.95. The van der Waals surface area contributed by atoms with E-state index in [9.17, 15) is 9.90 Å². The molecule has 0 radical (unpaired) electrons. The van der Waals surface area contributed by atoms with E-state index in [2.05, 4.69) is 26.8 Å². The Labute approximate surface area is 169 Å². The van der Waals surface area contributed by atoms with Crippen molar-refractivity contribution in [3.05, 3.63) is 47.8 Å². The van der Waals surface area contributed by atoms with Crippen LogP contribution in [0.3, 0.4) is 0 Å². The van der Waals surface area contributed by atoms with Crippen LogP contribution in [0.25, 0.3) is 22.3 Å². The van der Waals surface area contributed by atoms with E-state index in [1.807, 2.05) is 18.2 Å². The quantitative estimate of drug-likeness (QED) is 0.549. The molecule has 5 N–H and O–H groups in total. The fraction of sp³-hybridized carbons (Fsp3) is 0.238. The number of likely N-dealkylation sites (N-methyl/N-ethyl adjacent to an activating group) is 1. The van der Waals surface area contributed by atoms with Gasteiger partial charge in [-0.15, -0.1) is 0 Å². The number of carbonyl (C=O) groups is 1. The van der Waals surface area contributed by atoms with Crippen LogP contribution in [0.15, 0.2) is 36.6 Å². The molecular weight excluding hydrogens is 368 g/mol. The molecule has 4 rings (SSSR count). The number of benzene rings is 1. The highest BCUT2D eigenvalue weighted by Crippen LogP contribution is 2.26. The van der Waals surface area contributed by atoms with Gasteiger partial charge in [-0.2, -0.15) is 0 Å². The van der Waals surface area contributed by atoms with Crippen LogP contribution in [0.4, 0.5) is 5.82 Å². The molecule has 1 atom stereocenters. The first-order valence-corrected chi connectivity index (χ1v) is 9.06. The van der Waals surface area contributed by atoms with Crippen LogP contribution in [0.1, 0.15) is 18.9 Å². The minimum absolute atomic E-state index is 0.114. The Hall–Kier alpha value is -3.54.